The smallest absolute Gasteiger partial charge is 0.275 e. The number of hydrogen-bond donors (Lipinski definition) is 1. The first-order valence-corrected chi connectivity index (χ1v) is 6.82. The number of rotatable bonds is 2. The van der Waals surface area contributed by atoms with Crippen LogP contribution in [0.4, 0.5) is 0 Å². The second-order valence-electron chi connectivity index (χ2n) is 3.91. The van der Waals surface area contributed by atoms with E-state index in [2.05, 4.69) is 15.3 Å². The number of thioether (sulfide) groups is 1. The predicted octanol–water partition coefficient (Wildman–Crippen LogP) is 2.41. The molecule has 1 aromatic carbocycles. The highest BCUT2D eigenvalue weighted by atomic mass is 32.2. The quantitative estimate of drug-likeness (QED) is 0.853. The third-order valence-electron chi connectivity index (χ3n) is 2.61. The van der Waals surface area contributed by atoms with E-state index in [1.807, 2.05) is 25.1 Å². The van der Waals surface area contributed by atoms with Gasteiger partial charge in [-0.15, -0.1) is 0 Å². The van der Waals surface area contributed by atoms with Crippen LogP contribution in [0.25, 0.3) is 17.2 Å². The molecule has 0 bridgehead atoms. The number of aromatic nitrogens is 1. The highest BCUT2D eigenvalue weighted by Crippen LogP contribution is 2.19. The summed E-state index contributed by atoms with van der Waals surface area (Å²) in [5, 5.41) is 3.38. The van der Waals surface area contributed by atoms with Crippen molar-refractivity contribution in [2.45, 2.75) is 6.92 Å². The van der Waals surface area contributed by atoms with E-state index in [0.29, 0.717) is 16.4 Å². The van der Waals surface area contributed by atoms with Crippen molar-refractivity contribution in [1.82, 2.24) is 10.3 Å². The Morgan fingerprint density at radius 2 is 2.37 bits per heavy atom. The fourth-order valence-electron chi connectivity index (χ4n) is 1.77. The molecule has 0 saturated carbocycles. The van der Waals surface area contributed by atoms with Gasteiger partial charge in [0.2, 0.25) is 0 Å². The molecule has 1 aliphatic heterocycles. The Kier molecular flexibility index (Phi) is 3.08. The minimum atomic E-state index is -0.173. The van der Waals surface area contributed by atoms with Crippen molar-refractivity contribution in [2.75, 3.05) is 5.75 Å². The summed E-state index contributed by atoms with van der Waals surface area (Å²) in [7, 11) is 0. The molecule has 1 amide bonds. The number of amidine groups is 1. The molecule has 2 aromatic rings. The maximum atomic E-state index is 11.7. The van der Waals surface area contributed by atoms with Gasteiger partial charge in [0.1, 0.15) is 11.2 Å². The fourth-order valence-corrected chi connectivity index (χ4v) is 2.37. The summed E-state index contributed by atoms with van der Waals surface area (Å²) in [6.45, 7) is 2.01. The lowest BCUT2D eigenvalue weighted by Gasteiger charge is -1.94. The van der Waals surface area contributed by atoms with Crippen molar-refractivity contribution in [3.8, 4) is 0 Å². The van der Waals surface area contributed by atoms with Crippen LogP contribution >= 0.6 is 11.8 Å². The molecular formula is C13H11N3O2S. The third kappa shape index (κ3) is 2.39. The SMILES string of the molecule is CCSC1=N/C(=C\c2ccc3ncoc3c2)C(=O)N1. The Hall–Kier alpha value is -2.08. The average Bonchev–Trinajstić information content (AvgIpc) is 2.97. The highest BCUT2D eigenvalue weighted by molar-refractivity contribution is 8.13. The summed E-state index contributed by atoms with van der Waals surface area (Å²) in [6, 6.07) is 5.57. The van der Waals surface area contributed by atoms with E-state index in [1.165, 1.54) is 18.2 Å². The minimum Gasteiger partial charge on any atom is -0.443 e. The summed E-state index contributed by atoms with van der Waals surface area (Å²) in [5.41, 5.74) is 2.76. The summed E-state index contributed by atoms with van der Waals surface area (Å²) in [5.74, 6) is 0.699. The summed E-state index contributed by atoms with van der Waals surface area (Å²) >= 11 is 1.51. The van der Waals surface area contributed by atoms with Crippen molar-refractivity contribution in [3.63, 3.8) is 0 Å². The zero-order chi connectivity index (χ0) is 13.2. The molecule has 0 unspecified atom stereocenters. The van der Waals surface area contributed by atoms with Gasteiger partial charge < -0.3 is 4.42 Å². The standard InChI is InChI=1S/C13H11N3O2S/c1-2-19-13-15-10(12(17)16-13)5-8-3-4-9-11(6-8)18-7-14-9/h3-7H,2H2,1H3,(H,15,16,17)/b10-5-. The van der Waals surface area contributed by atoms with E-state index in [0.717, 1.165) is 16.8 Å². The van der Waals surface area contributed by atoms with Gasteiger partial charge >= 0.3 is 0 Å². The van der Waals surface area contributed by atoms with Crippen molar-refractivity contribution < 1.29 is 9.21 Å². The second kappa shape index (κ2) is 4.89. The maximum absolute atomic E-state index is 11.7. The number of carbonyl (C=O) groups excluding carboxylic acids is 1. The van der Waals surface area contributed by atoms with Gasteiger partial charge in [-0.25, -0.2) is 9.98 Å². The number of fused-ring (bicyclic) bond motifs is 1. The predicted molar refractivity (Wildman–Crippen MR) is 75.7 cm³/mol. The number of benzene rings is 1. The number of nitrogens with one attached hydrogen (secondary N) is 1. The summed E-state index contributed by atoms with van der Waals surface area (Å²) < 4.78 is 5.23. The molecule has 1 aliphatic rings. The van der Waals surface area contributed by atoms with Gasteiger partial charge in [-0.2, -0.15) is 0 Å². The van der Waals surface area contributed by atoms with E-state index >= 15 is 0 Å². The lowest BCUT2D eigenvalue weighted by molar-refractivity contribution is -0.115. The van der Waals surface area contributed by atoms with Crippen LogP contribution in [0, 0.1) is 0 Å². The number of nitrogens with zero attached hydrogens (tertiary/aromatic N) is 2. The van der Waals surface area contributed by atoms with Crippen LogP contribution in [-0.2, 0) is 4.79 Å². The monoisotopic (exact) mass is 273 g/mol. The molecule has 1 aromatic heterocycles. The van der Waals surface area contributed by atoms with Crippen LogP contribution in [0.3, 0.4) is 0 Å². The maximum Gasteiger partial charge on any atom is 0.275 e. The molecule has 2 heterocycles. The summed E-state index contributed by atoms with van der Waals surface area (Å²) in [6.07, 6.45) is 3.14. The first kappa shape index (κ1) is 12.0. The van der Waals surface area contributed by atoms with Crippen molar-refractivity contribution in [3.05, 3.63) is 35.9 Å². The number of amides is 1. The number of carbonyl (C=O) groups is 1. The van der Waals surface area contributed by atoms with E-state index in [4.69, 9.17) is 4.42 Å². The molecule has 5 nitrogen and oxygen atoms in total. The Morgan fingerprint density at radius 3 is 3.21 bits per heavy atom. The van der Waals surface area contributed by atoms with Crippen LogP contribution in [0.2, 0.25) is 0 Å². The van der Waals surface area contributed by atoms with Gasteiger partial charge in [-0.1, -0.05) is 24.8 Å². The zero-order valence-electron chi connectivity index (χ0n) is 10.2. The lowest BCUT2D eigenvalue weighted by atomic mass is 10.2. The third-order valence-corrected chi connectivity index (χ3v) is 3.37. The Labute approximate surface area is 113 Å². The number of aliphatic imine (C=N–C) groups is 1. The molecule has 19 heavy (non-hydrogen) atoms. The minimum absolute atomic E-state index is 0.173. The topological polar surface area (TPSA) is 67.5 Å². The van der Waals surface area contributed by atoms with E-state index < -0.39 is 0 Å². The number of hydrogen-bond acceptors (Lipinski definition) is 5. The molecule has 0 aliphatic carbocycles. The Bertz CT molecular complexity index is 703. The highest BCUT2D eigenvalue weighted by Gasteiger charge is 2.19. The molecule has 0 fully saturated rings. The van der Waals surface area contributed by atoms with Gasteiger partial charge in [0.15, 0.2) is 17.1 Å². The van der Waals surface area contributed by atoms with E-state index in [-0.39, 0.29) is 5.91 Å². The van der Waals surface area contributed by atoms with Gasteiger partial charge in [0.05, 0.1) is 0 Å². The largest absolute Gasteiger partial charge is 0.443 e. The van der Waals surface area contributed by atoms with Crippen LogP contribution in [0.5, 0.6) is 0 Å². The van der Waals surface area contributed by atoms with E-state index in [9.17, 15) is 4.79 Å². The first-order valence-electron chi connectivity index (χ1n) is 5.84. The van der Waals surface area contributed by atoms with Crippen LogP contribution in [0.15, 0.2) is 39.7 Å². The lowest BCUT2D eigenvalue weighted by Crippen LogP contribution is -2.21. The normalized spacial score (nSPS) is 17.0. The molecule has 0 saturated heterocycles. The average molecular weight is 273 g/mol. The molecule has 0 spiro atoms. The van der Waals surface area contributed by atoms with Gasteiger partial charge in [-0.05, 0) is 29.5 Å². The molecule has 0 radical (unpaired) electrons. The molecule has 6 heteroatoms. The van der Waals surface area contributed by atoms with Crippen LogP contribution in [-0.4, -0.2) is 21.8 Å². The molecule has 96 valence electrons. The van der Waals surface area contributed by atoms with Gasteiger partial charge in [0, 0.05) is 0 Å². The van der Waals surface area contributed by atoms with Crippen molar-refractivity contribution in [1.29, 1.82) is 0 Å². The zero-order valence-corrected chi connectivity index (χ0v) is 11.0. The van der Waals surface area contributed by atoms with E-state index in [1.54, 1.807) is 6.08 Å². The molecule has 1 N–H and O–H groups in total. The Morgan fingerprint density at radius 1 is 1.47 bits per heavy atom. The fraction of sp³-hybridized carbons (Fsp3) is 0.154. The van der Waals surface area contributed by atoms with Gasteiger partial charge in [-0.3, -0.25) is 10.1 Å². The Balaban J connectivity index is 1.94. The molecular weight excluding hydrogens is 262 g/mol. The first-order chi connectivity index (χ1) is 9.26. The summed E-state index contributed by atoms with van der Waals surface area (Å²) in [4.78, 5) is 20.0. The molecule has 0 atom stereocenters. The molecule has 3 rings (SSSR count). The van der Waals surface area contributed by atoms with Crippen molar-refractivity contribution >= 4 is 40.0 Å². The van der Waals surface area contributed by atoms with Crippen LogP contribution in [0.1, 0.15) is 12.5 Å². The van der Waals surface area contributed by atoms with Crippen LogP contribution < -0.4 is 5.32 Å². The second-order valence-corrected chi connectivity index (χ2v) is 5.17. The number of oxazole rings is 1. The van der Waals surface area contributed by atoms with Crippen molar-refractivity contribution in [2.24, 2.45) is 4.99 Å². The van der Waals surface area contributed by atoms with Gasteiger partial charge in [0.25, 0.3) is 5.91 Å².